The summed E-state index contributed by atoms with van der Waals surface area (Å²) in [5.41, 5.74) is 0. The molecule has 7 heteroatoms. The van der Waals surface area contributed by atoms with Crippen molar-refractivity contribution >= 4 is 11.9 Å². The van der Waals surface area contributed by atoms with Gasteiger partial charge >= 0.3 is 5.97 Å². The zero-order valence-electron chi connectivity index (χ0n) is 13.1. The highest BCUT2D eigenvalue weighted by Gasteiger charge is 2.21. The number of aromatic nitrogens is 2. The Balaban J connectivity index is 1.63. The number of esters is 1. The molecule has 0 aliphatic carbocycles. The second-order valence-corrected chi connectivity index (χ2v) is 5.30. The smallest absolute Gasteiger partial charge is 0.306 e. The summed E-state index contributed by atoms with van der Waals surface area (Å²) in [7, 11) is 0. The topological polar surface area (TPSA) is 67.7 Å². The first-order chi connectivity index (χ1) is 10.7. The summed E-state index contributed by atoms with van der Waals surface area (Å²) in [5, 5.41) is 4.18. The first-order valence-corrected chi connectivity index (χ1v) is 7.82. The molecule has 2 heterocycles. The van der Waals surface area contributed by atoms with Gasteiger partial charge in [0.2, 0.25) is 5.91 Å². The summed E-state index contributed by atoms with van der Waals surface area (Å²) in [5.74, 6) is -0.256. The van der Waals surface area contributed by atoms with Crippen LogP contribution in [0, 0.1) is 0 Å². The van der Waals surface area contributed by atoms with Crippen LogP contribution in [0.4, 0.5) is 0 Å². The first kappa shape index (κ1) is 16.5. The van der Waals surface area contributed by atoms with Crippen molar-refractivity contribution in [2.24, 2.45) is 0 Å². The van der Waals surface area contributed by atoms with Crippen LogP contribution >= 0.6 is 0 Å². The van der Waals surface area contributed by atoms with Gasteiger partial charge in [0.15, 0.2) is 0 Å². The van der Waals surface area contributed by atoms with Gasteiger partial charge in [-0.2, -0.15) is 5.10 Å². The lowest BCUT2D eigenvalue weighted by atomic mass is 10.2. The zero-order valence-corrected chi connectivity index (χ0v) is 13.1. The Bertz CT molecular complexity index is 467. The van der Waals surface area contributed by atoms with E-state index < -0.39 is 0 Å². The quantitative estimate of drug-likeness (QED) is 0.681. The van der Waals surface area contributed by atoms with Crippen LogP contribution in [0.3, 0.4) is 0 Å². The highest BCUT2D eigenvalue weighted by atomic mass is 16.5. The Hall–Kier alpha value is -1.89. The molecule has 122 valence electrons. The van der Waals surface area contributed by atoms with Gasteiger partial charge in [-0.3, -0.25) is 19.2 Å². The maximum atomic E-state index is 12.0. The molecule has 0 saturated carbocycles. The molecule has 1 amide bonds. The Kier molecular flexibility index (Phi) is 6.39. The Labute approximate surface area is 130 Å². The Morgan fingerprint density at radius 1 is 1.14 bits per heavy atom. The molecule has 0 spiro atoms. The van der Waals surface area contributed by atoms with Crippen LogP contribution in [0.5, 0.6) is 0 Å². The van der Waals surface area contributed by atoms with E-state index >= 15 is 0 Å². The van der Waals surface area contributed by atoms with E-state index in [0.29, 0.717) is 6.61 Å². The molecule has 1 aliphatic heterocycles. The maximum absolute atomic E-state index is 12.0. The van der Waals surface area contributed by atoms with Gasteiger partial charge in [0.05, 0.1) is 19.6 Å². The summed E-state index contributed by atoms with van der Waals surface area (Å²) in [6.45, 7) is 7.11. The summed E-state index contributed by atoms with van der Waals surface area (Å²) < 4.78 is 6.75. The van der Waals surface area contributed by atoms with E-state index in [2.05, 4.69) is 10.00 Å². The Morgan fingerprint density at radius 3 is 2.55 bits per heavy atom. The van der Waals surface area contributed by atoms with E-state index in [1.54, 1.807) is 13.1 Å². The van der Waals surface area contributed by atoms with Crippen molar-refractivity contribution in [3.05, 3.63) is 18.5 Å². The highest BCUT2D eigenvalue weighted by molar-refractivity contribution is 5.81. The molecule has 22 heavy (non-hydrogen) atoms. The third-order valence-electron chi connectivity index (χ3n) is 3.78. The number of carbonyl (C=O) groups excluding carboxylic acids is 2. The van der Waals surface area contributed by atoms with Crippen molar-refractivity contribution in [2.45, 2.75) is 26.3 Å². The number of amides is 1. The van der Waals surface area contributed by atoms with Gasteiger partial charge < -0.3 is 9.64 Å². The lowest BCUT2D eigenvalue weighted by Crippen LogP contribution is -2.49. The standard InChI is InChI=1S/C15H24N4O3/c1-2-22-15(21)5-4-14(20)18-11-8-17(9-12-18)10-13-19-7-3-6-16-19/h3,6-7H,2,4-5,8-13H2,1H3. The van der Waals surface area contributed by atoms with Crippen LogP contribution in [0.15, 0.2) is 18.5 Å². The number of nitrogens with zero attached hydrogens (tertiary/aromatic N) is 4. The number of carbonyl (C=O) groups is 2. The number of rotatable bonds is 7. The van der Waals surface area contributed by atoms with Gasteiger partial charge in [-0.1, -0.05) is 0 Å². The predicted molar refractivity (Wildman–Crippen MR) is 81.1 cm³/mol. The van der Waals surface area contributed by atoms with Crippen molar-refractivity contribution < 1.29 is 14.3 Å². The molecule has 0 unspecified atom stereocenters. The average molecular weight is 308 g/mol. The number of piperazine rings is 1. The lowest BCUT2D eigenvalue weighted by molar-refractivity contribution is -0.146. The largest absolute Gasteiger partial charge is 0.466 e. The maximum Gasteiger partial charge on any atom is 0.306 e. The van der Waals surface area contributed by atoms with Gasteiger partial charge in [-0.15, -0.1) is 0 Å². The molecule has 1 aromatic rings. The fraction of sp³-hybridized carbons (Fsp3) is 0.667. The second kappa shape index (κ2) is 8.53. The fourth-order valence-corrected chi connectivity index (χ4v) is 2.50. The van der Waals surface area contributed by atoms with Crippen LogP contribution in [0.25, 0.3) is 0 Å². The molecular formula is C15H24N4O3. The molecule has 0 bridgehead atoms. The number of hydrogen-bond donors (Lipinski definition) is 0. The minimum absolute atomic E-state index is 0.0415. The predicted octanol–water partition coefficient (Wildman–Crippen LogP) is 0.371. The molecule has 1 saturated heterocycles. The Morgan fingerprint density at radius 2 is 1.91 bits per heavy atom. The van der Waals surface area contributed by atoms with Crippen molar-refractivity contribution in [3.63, 3.8) is 0 Å². The van der Waals surface area contributed by atoms with Crippen molar-refractivity contribution in [1.82, 2.24) is 19.6 Å². The molecule has 1 aliphatic rings. The monoisotopic (exact) mass is 308 g/mol. The SMILES string of the molecule is CCOC(=O)CCC(=O)N1CCN(CCn2cccn2)CC1. The van der Waals surface area contributed by atoms with E-state index in [1.807, 2.05) is 21.8 Å². The molecule has 7 nitrogen and oxygen atoms in total. The molecule has 0 atom stereocenters. The number of ether oxygens (including phenoxy) is 1. The summed E-state index contributed by atoms with van der Waals surface area (Å²) >= 11 is 0. The van der Waals surface area contributed by atoms with E-state index in [0.717, 1.165) is 39.3 Å². The summed E-state index contributed by atoms with van der Waals surface area (Å²) in [6, 6.07) is 1.92. The van der Waals surface area contributed by atoms with Gasteiger partial charge in [0.1, 0.15) is 0 Å². The first-order valence-electron chi connectivity index (χ1n) is 7.82. The van der Waals surface area contributed by atoms with Crippen LogP contribution < -0.4 is 0 Å². The van der Waals surface area contributed by atoms with E-state index in [-0.39, 0.29) is 24.7 Å². The second-order valence-electron chi connectivity index (χ2n) is 5.30. The molecular weight excluding hydrogens is 284 g/mol. The molecule has 1 aromatic heterocycles. The highest BCUT2D eigenvalue weighted by Crippen LogP contribution is 2.06. The fourth-order valence-electron chi connectivity index (χ4n) is 2.50. The summed E-state index contributed by atoms with van der Waals surface area (Å²) in [4.78, 5) is 27.5. The van der Waals surface area contributed by atoms with E-state index in [4.69, 9.17) is 4.74 Å². The van der Waals surface area contributed by atoms with Gasteiger partial charge in [-0.05, 0) is 13.0 Å². The van der Waals surface area contributed by atoms with Crippen LogP contribution in [0.1, 0.15) is 19.8 Å². The van der Waals surface area contributed by atoms with Crippen molar-refractivity contribution in [3.8, 4) is 0 Å². The molecule has 0 radical (unpaired) electrons. The lowest BCUT2D eigenvalue weighted by Gasteiger charge is -2.34. The van der Waals surface area contributed by atoms with Crippen LogP contribution in [0.2, 0.25) is 0 Å². The third kappa shape index (κ3) is 5.14. The van der Waals surface area contributed by atoms with Crippen molar-refractivity contribution in [2.75, 3.05) is 39.3 Å². The normalized spacial score (nSPS) is 15.8. The zero-order chi connectivity index (χ0) is 15.8. The number of hydrogen-bond acceptors (Lipinski definition) is 5. The van der Waals surface area contributed by atoms with Crippen LogP contribution in [-0.2, 0) is 20.9 Å². The third-order valence-corrected chi connectivity index (χ3v) is 3.78. The van der Waals surface area contributed by atoms with E-state index in [9.17, 15) is 9.59 Å². The minimum atomic E-state index is -0.297. The molecule has 2 rings (SSSR count). The molecule has 0 aromatic carbocycles. The van der Waals surface area contributed by atoms with E-state index in [1.165, 1.54) is 0 Å². The van der Waals surface area contributed by atoms with Crippen molar-refractivity contribution in [1.29, 1.82) is 0 Å². The van der Waals surface area contributed by atoms with Gasteiger partial charge in [0, 0.05) is 51.5 Å². The average Bonchev–Trinajstić information content (AvgIpc) is 3.05. The van der Waals surface area contributed by atoms with Crippen LogP contribution in [-0.4, -0.2) is 70.8 Å². The minimum Gasteiger partial charge on any atom is -0.466 e. The van der Waals surface area contributed by atoms with Gasteiger partial charge in [0.25, 0.3) is 0 Å². The molecule has 1 fully saturated rings. The summed E-state index contributed by atoms with van der Waals surface area (Å²) in [6.07, 6.45) is 4.15. The molecule has 0 N–H and O–H groups in total. The van der Waals surface area contributed by atoms with Gasteiger partial charge in [-0.25, -0.2) is 0 Å².